The Hall–Kier alpha value is -4.38. The molecule has 174 valence electrons. The first-order valence-corrected chi connectivity index (χ1v) is 11.4. The predicted molar refractivity (Wildman–Crippen MR) is 131 cm³/mol. The summed E-state index contributed by atoms with van der Waals surface area (Å²) in [4.78, 5) is 22.1. The molecule has 4 aromatic rings. The highest BCUT2D eigenvalue weighted by molar-refractivity contribution is 6.05. The van der Waals surface area contributed by atoms with Gasteiger partial charge in [-0.25, -0.2) is 9.37 Å². The number of rotatable bonds is 6. The number of hydrogen-bond donors (Lipinski definition) is 1. The topological polar surface area (TPSA) is 85.6 Å². The standard InChI is InChI=1S/C27H23FN6O/c1-4-17-12-20(19-10-11-22(29-14-19)18-8-9-18)13-21(25(17)28)27(35)32-24-7-5-6-23(31-24)26-33-30-15-34(26)16(2)3/h1,5-7,10-16,18H,8-9H2,2-3H3,(H,31,32,35). The fourth-order valence-corrected chi connectivity index (χ4v) is 3.87. The van der Waals surface area contributed by atoms with Gasteiger partial charge in [0.15, 0.2) is 11.6 Å². The van der Waals surface area contributed by atoms with Gasteiger partial charge >= 0.3 is 0 Å². The second-order valence-electron chi connectivity index (χ2n) is 8.79. The predicted octanol–water partition coefficient (Wildman–Crippen LogP) is 5.23. The van der Waals surface area contributed by atoms with E-state index in [0.717, 1.165) is 24.1 Å². The maximum Gasteiger partial charge on any atom is 0.259 e. The van der Waals surface area contributed by atoms with Crippen LogP contribution in [0, 0.1) is 18.2 Å². The first kappa shape index (κ1) is 22.4. The lowest BCUT2D eigenvalue weighted by Crippen LogP contribution is -2.16. The van der Waals surface area contributed by atoms with Crippen LogP contribution in [0.3, 0.4) is 0 Å². The van der Waals surface area contributed by atoms with Crippen LogP contribution in [0.5, 0.6) is 0 Å². The van der Waals surface area contributed by atoms with Crippen LogP contribution in [0.1, 0.15) is 60.3 Å². The Morgan fingerprint density at radius 1 is 1.20 bits per heavy atom. The number of amides is 1. The first-order chi connectivity index (χ1) is 16.9. The van der Waals surface area contributed by atoms with Gasteiger partial charge in [0.1, 0.15) is 17.8 Å². The van der Waals surface area contributed by atoms with E-state index in [9.17, 15) is 4.79 Å². The van der Waals surface area contributed by atoms with Gasteiger partial charge in [0.25, 0.3) is 5.91 Å². The van der Waals surface area contributed by atoms with E-state index in [-0.39, 0.29) is 23.0 Å². The van der Waals surface area contributed by atoms with Crippen LogP contribution in [0.4, 0.5) is 10.2 Å². The zero-order chi connectivity index (χ0) is 24.5. The summed E-state index contributed by atoms with van der Waals surface area (Å²) in [7, 11) is 0. The van der Waals surface area contributed by atoms with Crippen molar-refractivity contribution >= 4 is 11.7 Å². The van der Waals surface area contributed by atoms with Crippen molar-refractivity contribution in [2.24, 2.45) is 0 Å². The van der Waals surface area contributed by atoms with Crippen molar-refractivity contribution in [3.63, 3.8) is 0 Å². The highest BCUT2D eigenvalue weighted by Crippen LogP contribution is 2.39. The number of carbonyl (C=O) groups excluding carboxylic acids is 1. The number of terminal acetylenes is 1. The Kier molecular flexibility index (Phi) is 5.83. The SMILES string of the molecule is C#Cc1cc(-c2ccc(C3CC3)nc2)cc(C(=O)Nc2cccc(-c3nncn3C(C)C)n2)c1F. The highest BCUT2D eigenvalue weighted by Gasteiger charge is 2.25. The van der Waals surface area contributed by atoms with E-state index in [1.165, 1.54) is 6.07 Å². The molecule has 8 heteroatoms. The second-order valence-corrected chi connectivity index (χ2v) is 8.79. The third-order valence-electron chi connectivity index (χ3n) is 5.94. The van der Waals surface area contributed by atoms with Gasteiger partial charge in [-0.2, -0.15) is 0 Å². The number of pyridine rings is 2. The summed E-state index contributed by atoms with van der Waals surface area (Å²) >= 11 is 0. The molecule has 5 rings (SSSR count). The Bertz CT molecular complexity index is 1450. The smallest absolute Gasteiger partial charge is 0.259 e. The van der Waals surface area contributed by atoms with Crippen molar-refractivity contribution in [3.05, 3.63) is 77.6 Å². The molecule has 1 aromatic carbocycles. The zero-order valence-electron chi connectivity index (χ0n) is 19.4. The number of anilines is 1. The minimum absolute atomic E-state index is 0.00524. The van der Waals surface area contributed by atoms with E-state index < -0.39 is 11.7 Å². The molecular formula is C27H23FN6O. The van der Waals surface area contributed by atoms with E-state index >= 15 is 4.39 Å². The minimum Gasteiger partial charge on any atom is -0.310 e. The Morgan fingerprint density at radius 2 is 2.03 bits per heavy atom. The van der Waals surface area contributed by atoms with Crippen LogP contribution in [-0.2, 0) is 0 Å². The number of aromatic nitrogens is 5. The van der Waals surface area contributed by atoms with E-state index in [2.05, 4.69) is 31.4 Å². The lowest BCUT2D eigenvalue weighted by Gasteiger charge is -2.12. The van der Waals surface area contributed by atoms with Gasteiger partial charge in [0.2, 0.25) is 0 Å². The molecule has 1 aliphatic rings. The average Bonchev–Trinajstić information content (AvgIpc) is 3.59. The Morgan fingerprint density at radius 3 is 2.71 bits per heavy atom. The zero-order valence-corrected chi connectivity index (χ0v) is 19.4. The van der Waals surface area contributed by atoms with Crippen LogP contribution < -0.4 is 5.32 Å². The van der Waals surface area contributed by atoms with Gasteiger partial charge < -0.3 is 9.88 Å². The normalized spacial score (nSPS) is 13.0. The fraction of sp³-hybridized carbons (Fsp3) is 0.222. The molecule has 7 nitrogen and oxygen atoms in total. The summed E-state index contributed by atoms with van der Waals surface area (Å²) in [6, 6.07) is 12.2. The number of hydrogen-bond acceptors (Lipinski definition) is 5. The van der Waals surface area contributed by atoms with Crippen LogP contribution >= 0.6 is 0 Å². The largest absolute Gasteiger partial charge is 0.310 e. The number of halogens is 1. The van der Waals surface area contributed by atoms with Gasteiger partial charge in [-0.3, -0.25) is 9.78 Å². The third kappa shape index (κ3) is 4.53. The monoisotopic (exact) mass is 466 g/mol. The van der Waals surface area contributed by atoms with Crippen LogP contribution in [0.2, 0.25) is 0 Å². The van der Waals surface area contributed by atoms with Crippen molar-refractivity contribution in [1.82, 2.24) is 24.7 Å². The summed E-state index contributed by atoms with van der Waals surface area (Å²) in [6.45, 7) is 4.01. The van der Waals surface area contributed by atoms with Crippen molar-refractivity contribution in [1.29, 1.82) is 0 Å². The Balaban J connectivity index is 1.45. The molecule has 0 unspecified atom stereocenters. The summed E-state index contributed by atoms with van der Waals surface area (Å²) in [5.41, 5.74) is 2.80. The molecule has 35 heavy (non-hydrogen) atoms. The van der Waals surface area contributed by atoms with Gasteiger partial charge in [0, 0.05) is 29.4 Å². The number of nitrogens with zero attached hydrogens (tertiary/aromatic N) is 5. The van der Waals surface area contributed by atoms with Crippen molar-refractivity contribution in [2.75, 3.05) is 5.32 Å². The van der Waals surface area contributed by atoms with E-state index in [1.54, 1.807) is 36.8 Å². The number of carbonyl (C=O) groups is 1. The second kappa shape index (κ2) is 9.11. The molecule has 0 saturated heterocycles. The quantitative estimate of drug-likeness (QED) is 0.393. The van der Waals surface area contributed by atoms with E-state index in [1.807, 2.05) is 30.5 Å². The van der Waals surface area contributed by atoms with Crippen molar-refractivity contribution < 1.29 is 9.18 Å². The molecule has 3 heterocycles. The van der Waals surface area contributed by atoms with Crippen molar-refractivity contribution in [3.8, 4) is 35.0 Å². The molecule has 1 saturated carbocycles. The van der Waals surface area contributed by atoms with Gasteiger partial charge in [-0.15, -0.1) is 16.6 Å². The highest BCUT2D eigenvalue weighted by atomic mass is 19.1. The van der Waals surface area contributed by atoms with Gasteiger partial charge in [-0.1, -0.05) is 18.1 Å². The van der Waals surface area contributed by atoms with E-state index in [4.69, 9.17) is 6.42 Å². The summed E-state index contributed by atoms with van der Waals surface area (Å²) < 4.78 is 17.0. The number of nitrogens with one attached hydrogen (secondary N) is 1. The van der Waals surface area contributed by atoms with Crippen LogP contribution in [-0.4, -0.2) is 30.6 Å². The molecule has 0 bridgehead atoms. The Labute approximate surface area is 202 Å². The van der Waals surface area contributed by atoms with Gasteiger partial charge in [0.05, 0.1) is 11.1 Å². The molecule has 0 atom stereocenters. The summed E-state index contributed by atoms with van der Waals surface area (Å²) in [6.07, 6.45) is 11.2. The lowest BCUT2D eigenvalue weighted by atomic mass is 9.99. The van der Waals surface area contributed by atoms with Crippen LogP contribution in [0.25, 0.3) is 22.6 Å². The maximum atomic E-state index is 15.1. The molecule has 1 aliphatic carbocycles. The van der Waals surface area contributed by atoms with E-state index in [0.29, 0.717) is 23.0 Å². The molecule has 1 N–H and O–H groups in total. The van der Waals surface area contributed by atoms with Gasteiger partial charge in [-0.05, 0) is 62.6 Å². The number of benzene rings is 1. The molecule has 0 aliphatic heterocycles. The molecule has 1 amide bonds. The summed E-state index contributed by atoms with van der Waals surface area (Å²) in [5, 5.41) is 10.8. The third-order valence-corrected chi connectivity index (χ3v) is 5.94. The van der Waals surface area contributed by atoms with Crippen molar-refractivity contribution in [2.45, 2.75) is 38.6 Å². The lowest BCUT2D eigenvalue weighted by molar-refractivity contribution is 0.102. The average molecular weight is 467 g/mol. The molecule has 3 aromatic heterocycles. The van der Waals surface area contributed by atoms with Crippen LogP contribution in [0.15, 0.2) is 55.0 Å². The molecule has 0 radical (unpaired) electrons. The summed E-state index contributed by atoms with van der Waals surface area (Å²) in [5.74, 6) is 2.28. The fourth-order valence-electron chi connectivity index (χ4n) is 3.87. The molecule has 1 fully saturated rings. The maximum absolute atomic E-state index is 15.1. The first-order valence-electron chi connectivity index (χ1n) is 11.4. The molecule has 0 spiro atoms. The minimum atomic E-state index is -0.757. The molecular weight excluding hydrogens is 443 g/mol.